The maximum absolute atomic E-state index is 13.8. The van der Waals surface area contributed by atoms with Crippen LogP contribution in [0.2, 0.25) is 0 Å². The number of ether oxygens (including phenoxy) is 2. The van der Waals surface area contributed by atoms with E-state index in [1.807, 2.05) is 6.07 Å². The van der Waals surface area contributed by atoms with Crippen molar-refractivity contribution >= 4 is 41.3 Å². The maximum Gasteiger partial charge on any atom is 0.408 e. The summed E-state index contributed by atoms with van der Waals surface area (Å²) in [5.74, 6) is -2.87. The lowest BCUT2D eigenvalue weighted by molar-refractivity contribution is -0.150. The third kappa shape index (κ3) is 5.73. The Morgan fingerprint density at radius 1 is 1.08 bits per heavy atom. The van der Waals surface area contributed by atoms with Gasteiger partial charge in [0, 0.05) is 18.4 Å². The van der Waals surface area contributed by atoms with Gasteiger partial charge in [-0.2, -0.15) is 0 Å². The Morgan fingerprint density at radius 2 is 1.79 bits per heavy atom. The first-order chi connectivity index (χ1) is 18.5. The molecule has 2 atom stereocenters. The van der Waals surface area contributed by atoms with Crippen LogP contribution in [0.3, 0.4) is 0 Å². The minimum atomic E-state index is -1.96. The lowest BCUT2D eigenvalue weighted by atomic mass is 9.81. The average Bonchev–Trinajstić information content (AvgIpc) is 3.27. The van der Waals surface area contributed by atoms with Gasteiger partial charge in [-0.25, -0.2) is 9.59 Å². The van der Waals surface area contributed by atoms with Crippen molar-refractivity contribution in [3.05, 3.63) is 76.0 Å². The predicted octanol–water partition coefficient (Wildman–Crippen LogP) is 3.02. The van der Waals surface area contributed by atoms with E-state index in [1.165, 1.54) is 12.3 Å². The molecule has 2 N–H and O–H groups in total. The van der Waals surface area contributed by atoms with Gasteiger partial charge in [0.15, 0.2) is 5.54 Å². The van der Waals surface area contributed by atoms with Gasteiger partial charge in [0.05, 0.1) is 22.6 Å². The van der Waals surface area contributed by atoms with Crippen LogP contribution in [0.15, 0.2) is 59.1 Å². The summed E-state index contributed by atoms with van der Waals surface area (Å²) in [7, 11) is 0. The van der Waals surface area contributed by atoms with Crippen molar-refractivity contribution in [2.75, 3.05) is 12.4 Å². The number of carbonyl (C=O) groups is 5. The third-order valence-corrected chi connectivity index (χ3v) is 7.29. The quantitative estimate of drug-likeness (QED) is 0.497. The van der Waals surface area contributed by atoms with E-state index in [9.17, 15) is 24.0 Å². The van der Waals surface area contributed by atoms with E-state index < -0.39 is 46.7 Å². The van der Waals surface area contributed by atoms with Gasteiger partial charge >= 0.3 is 12.1 Å². The number of hydrogen-bond donors (Lipinski definition) is 2. The molecule has 1 aliphatic heterocycles. The Morgan fingerprint density at radius 3 is 2.46 bits per heavy atom. The topological polar surface area (TPSA) is 141 Å². The lowest BCUT2D eigenvalue weighted by Crippen LogP contribution is -2.63. The second-order valence-electron chi connectivity index (χ2n) is 10.1. The number of esters is 1. The largest absolute Gasteiger partial charge is 0.464 e. The number of benzene rings is 1. The highest BCUT2D eigenvalue weighted by molar-refractivity contribution is 8.04. The number of amides is 2. The van der Waals surface area contributed by atoms with Crippen molar-refractivity contribution in [3.8, 4) is 0 Å². The summed E-state index contributed by atoms with van der Waals surface area (Å²) >= 11 is 0.996. The highest BCUT2D eigenvalue weighted by atomic mass is 32.2. The highest BCUT2D eigenvalue weighted by Crippen LogP contribution is 2.45. The number of ketones is 2. The summed E-state index contributed by atoms with van der Waals surface area (Å²) in [6, 6.07) is 10.8. The molecule has 0 radical (unpaired) electrons. The number of thioether (sulfide) groups is 1. The number of aromatic nitrogens is 1. The molecule has 1 aliphatic carbocycles. The van der Waals surface area contributed by atoms with Crippen LogP contribution in [-0.4, -0.2) is 64.1 Å². The monoisotopic (exact) mass is 551 g/mol. The van der Waals surface area contributed by atoms with Crippen molar-refractivity contribution < 1.29 is 33.4 Å². The second kappa shape index (κ2) is 11.0. The number of nitrogens with zero attached hydrogens (tertiary/aromatic N) is 1. The van der Waals surface area contributed by atoms with Gasteiger partial charge in [0.1, 0.15) is 17.3 Å². The molecule has 2 heterocycles. The molecule has 2 aromatic rings. The fourth-order valence-corrected chi connectivity index (χ4v) is 5.72. The Balaban J connectivity index is 1.72. The van der Waals surface area contributed by atoms with E-state index in [0.717, 1.165) is 17.3 Å². The van der Waals surface area contributed by atoms with E-state index in [4.69, 9.17) is 9.47 Å². The Kier molecular flexibility index (Phi) is 7.91. The summed E-state index contributed by atoms with van der Waals surface area (Å²) in [6.45, 7) is 6.64. The number of nitrogens with one attached hydrogen (secondary N) is 2. The summed E-state index contributed by atoms with van der Waals surface area (Å²) < 4.78 is 10.6. The molecule has 1 aromatic carbocycles. The second-order valence-corrected chi connectivity index (χ2v) is 11.0. The molecule has 10 nitrogen and oxygen atoms in total. The van der Waals surface area contributed by atoms with E-state index >= 15 is 0 Å². The number of alkyl carbamates (subject to hydrolysis) is 1. The fourth-order valence-electron chi connectivity index (χ4n) is 4.38. The summed E-state index contributed by atoms with van der Waals surface area (Å²) in [6.07, 6.45) is 0.621. The van der Waals surface area contributed by atoms with Gasteiger partial charge in [-0.1, -0.05) is 30.3 Å². The number of hydrogen-bond acceptors (Lipinski definition) is 9. The number of rotatable bonds is 7. The maximum atomic E-state index is 13.8. The first kappa shape index (κ1) is 28.0. The molecule has 0 spiro atoms. The molecule has 39 heavy (non-hydrogen) atoms. The van der Waals surface area contributed by atoms with E-state index in [0.29, 0.717) is 0 Å². The minimum absolute atomic E-state index is 0.0235. The van der Waals surface area contributed by atoms with Crippen LogP contribution in [0.4, 0.5) is 4.79 Å². The Hall–Kier alpha value is -3.99. The van der Waals surface area contributed by atoms with Crippen LogP contribution >= 0.6 is 11.8 Å². The molecule has 2 amide bonds. The molecule has 0 saturated carbocycles. The molecular weight excluding hydrogens is 522 g/mol. The SMILES string of the molecule is CCOC(=O)C1(NC(=O)[C@H](Cc2ccccc2)NC(=O)OC(C)(C)C)CSC2=C1C(=O)c1ncccc1C2=O. The minimum Gasteiger partial charge on any atom is -0.464 e. The fraction of sp³-hybridized carbons (Fsp3) is 0.357. The third-order valence-electron chi connectivity index (χ3n) is 6.04. The van der Waals surface area contributed by atoms with Crippen LogP contribution in [0.1, 0.15) is 54.1 Å². The van der Waals surface area contributed by atoms with Crippen LogP contribution < -0.4 is 10.6 Å². The van der Waals surface area contributed by atoms with E-state index in [-0.39, 0.29) is 40.5 Å². The zero-order valence-corrected chi connectivity index (χ0v) is 22.8. The zero-order chi connectivity index (χ0) is 28.4. The molecule has 204 valence electrons. The molecular formula is C28H29N3O7S. The summed E-state index contributed by atoms with van der Waals surface area (Å²) in [4.78, 5) is 70.9. The first-order valence-corrected chi connectivity index (χ1v) is 13.4. The molecule has 0 bridgehead atoms. The highest BCUT2D eigenvalue weighted by Gasteiger charge is 2.57. The smallest absolute Gasteiger partial charge is 0.408 e. The van der Waals surface area contributed by atoms with E-state index in [1.54, 1.807) is 58.0 Å². The molecule has 0 saturated heterocycles. The van der Waals surface area contributed by atoms with Crippen molar-refractivity contribution in [3.63, 3.8) is 0 Å². The molecule has 11 heteroatoms. The van der Waals surface area contributed by atoms with Crippen molar-refractivity contribution in [1.29, 1.82) is 0 Å². The van der Waals surface area contributed by atoms with Crippen molar-refractivity contribution in [2.24, 2.45) is 0 Å². The molecule has 4 rings (SSSR count). The summed E-state index contributed by atoms with van der Waals surface area (Å²) in [5, 5.41) is 5.26. The predicted molar refractivity (Wildman–Crippen MR) is 143 cm³/mol. The molecule has 1 aromatic heterocycles. The van der Waals surface area contributed by atoms with Gasteiger partial charge in [0.2, 0.25) is 17.5 Å². The van der Waals surface area contributed by atoms with Gasteiger partial charge in [-0.05, 0) is 45.4 Å². The van der Waals surface area contributed by atoms with E-state index in [2.05, 4.69) is 15.6 Å². The van der Waals surface area contributed by atoms with Gasteiger partial charge in [-0.3, -0.25) is 19.4 Å². The van der Waals surface area contributed by atoms with Gasteiger partial charge in [-0.15, -0.1) is 11.8 Å². The molecule has 2 aliphatic rings. The van der Waals surface area contributed by atoms with Crippen LogP contribution in [-0.2, 0) is 25.5 Å². The normalized spacial score (nSPS) is 19.1. The van der Waals surface area contributed by atoms with Crippen molar-refractivity contribution in [1.82, 2.24) is 15.6 Å². The average molecular weight is 552 g/mol. The number of carbonyl (C=O) groups excluding carboxylic acids is 5. The van der Waals surface area contributed by atoms with Gasteiger partial charge < -0.3 is 20.1 Å². The van der Waals surface area contributed by atoms with Crippen molar-refractivity contribution in [2.45, 2.75) is 51.3 Å². The summed E-state index contributed by atoms with van der Waals surface area (Å²) in [5.41, 5.74) is -2.18. The van der Waals surface area contributed by atoms with Crippen LogP contribution in [0, 0.1) is 0 Å². The Labute approximate surface area is 229 Å². The van der Waals surface area contributed by atoms with Crippen LogP contribution in [0.25, 0.3) is 0 Å². The Bertz CT molecular complexity index is 1370. The number of fused-ring (bicyclic) bond motifs is 1. The molecule has 0 fully saturated rings. The zero-order valence-electron chi connectivity index (χ0n) is 22.0. The van der Waals surface area contributed by atoms with Gasteiger partial charge in [0.25, 0.3) is 0 Å². The first-order valence-electron chi connectivity index (χ1n) is 12.4. The number of pyridine rings is 1. The molecule has 1 unspecified atom stereocenters. The number of Topliss-reactive ketones (excluding diaryl/α,β-unsaturated/α-hetero) is 2. The lowest BCUT2D eigenvalue weighted by Gasteiger charge is -2.32. The van der Waals surface area contributed by atoms with Crippen LogP contribution in [0.5, 0.6) is 0 Å². The standard InChI is InChI=1S/C28H29N3O7S/c1-5-37-25(35)28(15-39-23-19(28)22(33)20-17(21(23)32)12-9-13-29-20)31-24(34)18(14-16-10-7-6-8-11-16)30-26(36)38-27(2,3)4/h6-13,18H,5,14-15H2,1-4H3,(H,30,36)(H,31,34)/t18-,28?/m0/s1. The number of allylic oxidation sites excluding steroid dienone is 1.